The van der Waals surface area contributed by atoms with Crippen molar-refractivity contribution in [1.29, 1.82) is 0 Å². The van der Waals surface area contributed by atoms with Crippen molar-refractivity contribution in [3.8, 4) is 0 Å². The molecule has 1 fully saturated rings. The second kappa shape index (κ2) is 4.10. The average Bonchev–Trinajstić information content (AvgIpc) is 2.17. The molecule has 3 N–H and O–H groups in total. The molecule has 1 aliphatic rings. The van der Waals surface area contributed by atoms with Crippen LogP contribution in [0.15, 0.2) is 0 Å². The van der Waals surface area contributed by atoms with Gasteiger partial charge in [0.05, 0.1) is 11.1 Å². The molecule has 4 heteroatoms. The normalized spacial score (nSPS) is 24.7. The zero-order valence-corrected chi connectivity index (χ0v) is 9.92. The minimum absolute atomic E-state index is 0.000463. The monoisotopic (exact) mass is 214 g/mol. The van der Waals surface area contributed by atoms with Gasteiger partial charge >= 0.3 is 0 Å². The van der Waals surface area contributed by atoms with Crippen molar-refractivity contribution in [2.24, 2.45) is 5.73 Å². The lowest BCUT2D eigenvalue weighted by Gasteiger charge is -2.39. The van der Waals surface area contributed by atoms with Crippen molar-refractivity contribution in [2.75, 3.05) is 13.1 Å². The number of nitrogens with two attached hydrogens (primary N) is 1. The van der Waals surface area contributed by atoms with E-state index in [1.165, 1.54) is 0 Å². The van der Waals surface area contributed by atoms with Gasteiger partial charge in [-0.15, -0.1) is 0 Å². The Morgan fingerprint density at radius 3 is 2.40 bits per heavy atom. The third-order valence-electron chi connectivity index (χ3n) is 3.35. The Balaban J connectivity index is 2.58. The Hall–Kier alpha value is -0.610. The highest BCUT2D eigenvalue weighted by Gasteiger charge is 2.35. The molecule has 1 rings (SSSR count). The van der Waals surface area contributed by atoms with Crippen molar-refractivity contribution < 1.29 is 9.90 Å². The molecule has 88 valence electrons. The van der Waals surface area contributed by atoms with E-state index in [-0.39, 0.29) is 5.91 Å². The summed E-state index contributed by atoms with van der Waals surface area (Å²) in [5.41, 5.74) is 4.53. The van der Waals surface area contributed by atoms with Gasteiger partial charge in [-0.3, -0.25) is 4.79 Å². The molecular weight excluding hydrogens is 192 g/mol. The molecule has 0 radical (unpaired) electrons. The lowest BCUT2D eigenvalue weighted by molar-refractivity contribution is -0.140. The van der Waals surface area contributed by atoms with E-state index in [0.717, 1.165) is 0 Å². The molecule has 1 saturated heterocycles. The van der Waals surface area contributed by atoms with E-state index in [1.54, 1.807) is 11.8 Å². The van der Waals surface area contributed by atoms with Crippen molar-refractivity contribution in [1.82, 2.24) is 4.90 Å². The molecule has 0 aromatic heterocycles. The minimum atomic E-state index is -0.761. The standard InChI is InChI=1S/C11H22N2O2/c1-4-11(3,12)9(14)13-7-5-10(2,15)6-8-13/h15H,4-8,12H2,1-3H3. The van der Waals surface area contributed by atoms with E-state index >= 15 is 0 Å². The van der Waals surface area contributed by atoms with Crippen LogP contribution in [0.25, 0.3) is 0 Å². The Morgan fingerprint density at radius 1 is 1.53 bits per heavy atom. The van der Waals surface area contributed by atoms with Gasteiger partial charge in [0.15, 0.2) is 0 Å². The van der Waals surface area contributed by atoms with Crippen molar-refractivity contribution >= 4 is 5.91 Å². The van der Waals surface area contributed by atoms with Gasteiger partial charge in [0, 0.05) is 13.1 Å². The zero-order valence-electron chi connectivity index (χ0n) is 9.92. The highest BCUT2D eigenvalue weighted by atomic mass is 16.3. The Labute approximate surface area is 91.4 Å². The molecule has 1 atom stereocenters. The number of piperidine rings is 1. The number of hydrogen-bond donors (Lipinski definition) is 2. The van der Waals surface area contributed by atoms with Crippen LogP contribution in [0.5, 0.6) is 0 Å². The maximum Gasteiger partial charge on any atom is 0.242 e. The first-order valence-corrected chi connectivity index (χ1v) is 5.59. The summed E-state index contributed by atoms with van der Waals surface area (Å²) in [7, 11) is 0. The molecule has 1 unspecified atom stereocenters. The quantitative estimate of drug-likeness (QED) is 0.703. The summed E-state index contributed by atoms with van der Waals surface area (Å²) in [6, 6.07) is 0. The van der Waals surface area contributed by atoms with Crippen LogP contribution in [0.3, 0.4) is 0 Å². The summed E-state index contributed by atoms with van der Waals surface area (Å²) in [5.74, 6) is 0.000463. The van der Waals surface area contributed by atoms with Crippen LogP contribution in [0.2, 0.25) is 0 Å². The highest BCUT2D eigenvalue weighted by Crippen LogP contribution is 2.23. The summed E-state index contributed by atoms with van der Waals surface area (Å²) in [6.45, 7) is 6.72. The Morgan fingerprint density at radius 2 is 2.00 bits per heavy atom. The Kier molecular flexibility index (Phi) is 3.41. The van der Waals surface area contributed by atoms with E-state index < -0.39 is 11.1 Å². The minimum Gasteiger partial charge on any atom is -0.390 e. The summed E-state index contributed by atoms with van der Waals surface area (Å²) in [5, 5.41) is 9.76. The summed E-state index contributed by atoms with van der Waals surface area (Å²) in [4.78, 5) is 13.7. The zero-order chi connectivity index (χ0) is 11.7. The van der Waals surface area contributed by atoms with Gasteiger partial charge in [0.1, 0.15) is 0 Å². The van der Waals surface area contributed by atoms with E-state index in [9.17, 15) is 9.90 Å². The van der Waals surface area contributed by atoms with Crippen LogP contribution in [-0.4, -0.2) is 40.1 Å². The number of rotatable bonds is 2. The van der Waals surface area contributed by atoms with Crippen molar-refractivity contribution in [2.45, 2.75) is 51.2 Å². The number of carbonyl (C=O) groups is 1. The topological polar surface area (TPSA) is 66.6 Å². The number of carbonyl (C=O) groups excluding carboxylic acids is 1. The fourth-order valence-electron chi connectivity index (χ4n) is 1.70. The van der Waals surface area contributed by atoms with E-state index in [1.807, 2.05) is 13.8 Å². The number of hydrogen-bond acceptors (Lipinski definition) is 3. The lowest BCUT2D eigenvalue weighted by Crippen LogP contribution is -2.56. The maximum atomic E-state index is 12.0. The molecule has 1 amide bonds. The predicted molar refractivity (Wildman–Crippen MR) is 59.3 cm³/mol. The van der Waals surface area contributed by atoms with Gasteiger partial charge in [-0.25, -0.2) is 0 Å². The third kappa shape index (κ3) is 2.92. The van der Waals surface area contributed by atoms with Crippen LogP contribution < -0.4 is 5.73 Å². The molecule has 15 heavy (non-hydrogen) atoms. The van der Waals surface area contributed by atoms with Gasteiger partial charge in [-0.1, -0.05) is 6.92 Å². The molecule has 0 bridgehead atoms. The van der Waals surface area contributed by atoms with Crippen LogP contribution in [0, 0.1) is 0 Å². The van der Waals surface area contributed by atoms with E-state index in [4.69, 9.17) is 5.73 Å². The van der Waals surface area contributed by atoms with Crippen LogP contribution >= 0.6 is 0 Å². The average molecular weight is 214 g/mol. The molecule has 0 aromatic carbocycles. The van der Waals surface area contributed by atoms with Gasteiger partial charge in [-0.2, -0.15) is 0 Å². The molecule has 0 aromatic rings. The first-order chi connectivity index (χ1) is 6.78. The summed E-state index contributed by atoms with van der Waals surface area (Å²) < 4.78 is 0. The fourth-order valence-corrected chi connectivity index (χ4v) is 1.70. The molecule has 0 aliphatic carbocycles. The number of nitrogens with zero attached hydrogens (tertiary/aromatic N) is 1. The molecule has 0 saturated carbocycles. The highest BCUT2D eigenvalue weighted by molar-refractivity contribution is 5.85. The first kappa shape index (κ1) is 12.5. The molecular formula is C11H22N2O2. The second-order valence-electron chi connectivity index (χ2n) is 5.06. The van der Waals surface area contributed by atoms with Crippen molar-refractivity contribution in [3.63, 3.8) is 0 Å². The lowest BCUT2D eigenvalue weighted by atomic mass is 9.91. The molecule has 4 nitrogen and oxygen atoms in total. The van der Waals surface area contributed by atoms with Crippen molar-refractivity contribution in [3.05, 3.63) is 0 Å². The third-order valence-corrected chi connectivity index (χ3v) is 3.35. The van der Waals surface area contributed by atoms with Gasteiger partial charge in [0.2, 0.25) is 5.91 Å². The maximum absolute atomic E-state index is 12.0. The smallest absolute Gasteiger partial charge is 0.242 e. The largest absolute Gasteiger partial charge is 0.390 e. The molecule has 1 aliphatic heterocycles. The van der Waals surface area contributed by atoms with Crippen LogP contribution in [0.1, 0.15) is 40.0 Å². The van der Waals surface area contributed by atoms with Gasteiger partial charge < -0.3 is 15.7 Å². The SMILES string of the molecule is CCC(C)(N)C(=O)N1CCC(C)(O)CC1. The number of amides is 1. The predicted octanol–water partition coefficient (Wildman–Crippen LogP) is 0.487. The summed E-state index contributed by atoms with van der Waals surface area (Å²) in [6.07, 6.45) is 1.91. The van der Waals surface area contributed by atoms with Gasteiger partial charge in [-0.05, 0) is 33.1 Å². The Bertz CT molecular complexity index is 239. The van der Waals surface area contributed by atoms with E-state index in [2.05, 4.69) is 0 Å². The number of likely N-dealkylation sites (tertiary alicyclic amines) is 1. The fraction of sp³-hybridized carbons (Fsp3) is 0.909. The molecule has 0 spiro atoms. The van der Waals surface area contributed by atoms with Crippen LogP contribution in [-0.2, 0) is 4.79 Å². The van der Waals surface area contributed by atoms with Crippen LogP contribution in [0.4, 0.5) is 0 Å². The van der Waals surface area contributed by atoms with E-state index in [0.29, 0.717) is 32.4 Å². The first-order valence-electron chi connectivity index (χ1n) is 5.59. The second-order valence-corrected chi connectivity index (χ2v) is 5.06. The molecule has 1 heterocycles. The summed E-state index contributed by atoms with van der Waals surface area (Å²) >= 11 is 0. The number of aliphatic hydroxyl groups is 1. The van der Waals surface area contributed by atoms with Gasteiger partial charge in [0.25, 0.3) is 0 Å².